The molecule has 6 nitrogen and oxygen atoms in total. The zero-order chi connectivity index (χ0) is 17.6. The zero-order valence-corrected chi connectivity index (χ0v) is 15.1. The Morgan fingerprint density at radius 3 is 2.64 bits per heavy atom. The van der Waals surface area contributed by atoms with E-state index in [0.29, 0.717) is 22.5 Å². The third kappa shape index (κ3) is 4.80. The minimum absolute atomic E-state index is 0.00945. The van der Waals surface area contributed by atoms with Crippen LogP contribution in [-0.4, -0.2) is 43.8 Å². The van der Waals surface area contributed by atoms with Crippen molar-refractivity contribution in [3.05, 3.63) is 59.4 Å². The maximum atomic E-state index is 12.3. The topological polar surface area (TPSA) is 74.8 Å². The molecule has 1 N–H and O–H groups in total. The molecule has 8 heteroatoms. The number of nitrogens with zero attached hydrogens (tertiary/aromatic N) is 4. The number of benzene rings is 1. The summed E-state index contributed by atoms with van der Waals surface area (Å²) in [5.74, 6) is 0.944. The first-order valence-corrected chi connectivity index (χ1v) is 8.92. The summed E-state index contributed by atoms with van der Waals surface area (Å²) in [7, 11) is 1.78. The molecule has 0 saturated heterocycles. The van der Waals surface area contributed by atoms with Crippen LogP contribution in [0.5, 0.6) is 0 Å². The second kappa shape index (κ2) is 8.13. The van der Waals surface area contributed by atoms with Crippen LogP contribution in [0.1, 0.15) is 5.56 Å². The van der Waals surface area contributed by atoms with E-state index in [4.69, 9.17) is 11.6 Å². The highest BCUT2D eigenvalue weighted by Crippen LogP contribution is 2.19. The Bertz CT molecular complexity index is 838. The Hall–Kier alpha value is -2.38. The van der Waals surface area contributed by atoms with Crippen molar-refractivity contribution in [1.29, 1.82) is 0 Å². The molecule has 1 amide bonds. The highest BCUT2D eigenvalue weighted by molar-refractivity contribution is 7.99. The minimum atomic E-state index is 0.00945. The lowest BCUT2D eigenvalue weighted by Crippen LogP contribution is -2.27. The van der Waals surface area contributed by atoms with Gasteiger partial charge in [0.25, 0.3) is 0 Å². The third-order valence-corrected chi connectivity index (χ3v) is 4.59. The van der Waals surface area contributed by atoms with Crippen LogP contribution in [-0.2, 0) is 11.3 Å². The number of carbonyl (C=O) groups excluding carboxylic acids is 1. The van der Waals surface area contributed by atoms with E-state index in [2.05, 4.69) is 20.2 Å². The van der Waals surface area contributed by atoms with Gasteiger partial charge in [-0.3, -0.25) is 14.9 Å². The molecule has 0 atom stereocenters. The first kappa shape index (κ1) is 17.4. The van der Waals surface area contributed by atoms with Crippen LogP contribution in [0.3, 0.4) is 0 Å². The molecule has 0 fully saturated rings. The number of H-pyrrole nitrogens is 1. The molecule has 0 radical (unpaired) electrons. The van der Waals surface area contributed by atoms with E-state index in [0.717, 1.165) is 11.1 Å². The van der Waals surface area contributed by atoms with Crippen molar-refractivity contribution >= 4 is 29.3 Å². The average molecular weight is 374 g/mol. The maximum Gasteiger partial charge on any atom is 0.233 e. The number of hydrogen-bond acceptors (Lipinski definition) is 5. The van der Waals surface area contributed by atoms with Gasteiger partial charge in [-0.15, -0.1) is 5.10 Å². The van der Waals surface area contributed by atoms with Crippen molar-refractivity contribution in [2.24, 2.45) is 0 Å². The van der Waals surface area contributed by atoms with E-state index in [1.165, 1.54) is 11.8 Å². The largest absolute Gasteiger partial charge is 0.341 e. The monoisotopic (exact) mass is 373 g/mol. The van der Waals surface area contributed by atoms with Gasteiger partial charge in [0.05, 0.1) is 5.75 Å². The first-order valence-electron chi connectivity index (χ1n) is 7.56. The molecule has 128 valence electrons. The van der Waals surface area contributed by atoms with Gasteiger partial charge in [-0.05, 0) is 29.8 Å². The highest BCUT2D eigenvalue weighted by Gasteiger charge is 2.12. The summed E-state index contributed by atoms with van der Waals surface area (Å²) in [5.41, 5.74) is 1.93. The summed E-state index contributed by atoms with van der Waals surface area (Å²) in [4.78, 5) is 22.3. The standard InChI is InChI=1S/C17H16ClN5OS/c1-23(10-12-2-4-14(18)5-3-12)15(24)11-25-17-20-16(21-22-17)13-6-8-19-9-7-13/h2-9H,10-11H2,1H3,(H,20,21,22). The number of thioether (sulfide) groups is 1. The number of nitrogens with one attached hydrogen (secondary N) is 1. The predicted octanol–water partition coefficient (Wildman–Crippen LogP) is 3.27. The van der Waals surface area contributed by atoms with Crippen molar-refractivity contribution in [2.75, 3.05) is 12.8 Å². The van der Waals surface area contributed by atoms with Gasteiger partial charge in [-0.25, -0.2) is 4.98 Å². The molecule has 0 aliphatic heterocycles. The molecule has 3 rings (SSSR count). The molecule has 0 bridgehead atoms. The van der Waals surface area contributed by atoms with Crippen molar-refractivity contribution in [2.45, 2.75) is 11.7 Å². The van der Waals surface area contributed by atoms with Gasteiger partial charge >= 0.3 is 0 Å². The van der Waals surface area contributed by atoms with Gasteiger partial charge in [-0.1, -0.05) is 35.5 Å². The fraction of sp³-hybridized carbons (Fsp3) is 0.176. The minimum Gasteiger partial charge on any atom is -0.341 e. The predicted molar refractivity (Wildman–Crippen MR) is 98.3 cm³/mol. The summed E-state index contributed by atoms with van der Waals surface area (Å²) in [5, 5.41) is 8.24. The quantitative estimate of drug-likeness (QED) is 0.671. The van der Waals surface area contributed by atoms with Crippen LogP contribution < -0.4 is 0 Å². The van der Waals surface area contributed by atoms with E-state index >= 15 is 0 Å². The fourth-order valence-corrected chi connectivity index (χ4v) is 3.00. The Kier molecular flexibility index (Phi) is 5.67. The zero-order valence-electron chi connectivity index (χ0n) is 13.5. The SMILES string of the molecule is CN(Cc1ccc(Cl)cc1)C(=O)CSc1n[nH]c(-c2ccncc2)n1. The van der Waals surface area contributed by atoms with E-state index in [1.54, 1.807) is 24.3 Å². The van der Waals surface area contributed by atoms with Crippen LogP contribution in [0, 0.1) is 0 Å². The maximum absolute atomic E-state index is 12.3. The number of hydrogen-bond donors (Lipinski definition) is 1. The van der Waals surface area contributed by atoms with Gasteiger partial charge in [-0.2, -0.15) is 0 Å². The molecule has 0 unspecified atom stereocenters. The number of carbonyl (C=O) groups is 1. The van der Waals surface area contributed by atoms with Crippen LogP contribution in [0.15, 0.2) is 53.9 Å². The number of aromatic amines is 1. The second-order valence-corrected chi connectivity index (χ2v) is 6.75. The van der Waals surface area contributed by atoms with Gasteiger partial charge in [0, 0.05) is 36.6 Å². The van der Waals surface area contributed by atoms with Crippen molar-refractivity contribution in [1.82, 2.24) is 25.1 Å². The summed E-state index contributed by atoms with van der Waals surface area (Å²) < 4.78 is 0. The van der Waals surface area contributed by atoms with Crippen molar-refractivity contribution < 1.29 is 4.79 Å². The third-order valence-electron chi connectivity index (χ3n) is 3.50. The van der Waals surface area contributed by atoms with Gasteiger partial charge in [0.2, 0.25) is 11.1 Å². The summed E-state index contributed by atoms with van der Waals surface area (Å²) in [6.45, 7) is 0.535. The number of amides is 1. The summed E-state index contributed by atoms with van der Waals surface area (Å²) in [6, 6.07) is 11.2. The molecule has 25 heavy (non-hydrogen) atoms. The fourth-order valence-electron chi connectivity index (χ4n) is 2.14. The number of rotatable bonds is 6. The average Bonchev–Trinajstić information content (AvgIpc) is 3.11. The van der Waals surface area contributed by atoms with Gasteiger partial charge < -0.3 is 4.90 Å². The molecular weight excluding hydrogens is 358 g/mol. The molecule has 3 aromatic rings. The Morgan fingerprint density at radius 1 is 1.20 bits per heavy atom. The van der Waals surface area contributed by atoms with E-state index in [1.807, 2.05) is 36.4 Å². The molecule has 2 heterocycles. The summed E-state index contributed by atoms with van der Waals surface area (Å²) >= 11 is 7.17. The molecule has 0 saturated carbocycles. The molecular formula is C17H16ClN5OS. The number of aromatic nitrogens is 4. The molecule has 1 aromatic carbocycles. The first-order chi connectivity index (χ1) is 12.1. The van der Waals surface area contributed by atoms with E-state index in [-0.39, 0.29) is 11.7 Å². The van der Waals surface area contributed by atoms with E-state index < -0.39 is 0 Å². The summed E-state index contributed by atoms with van der Waals surface area (Å²) in [6.07, 6.45) is 3.39. The Balaban J connectivity index is 1.53. The van der Waals surface area contributed by atoms with Crippen LogP contribution in [0.25, 0.3) is 11.4 Å². The van der Waals surface area contributed by atoms with Crippen molar-refractivity contribution in [3.63, 3.8) is 0 Å². The lowest BCUT2D eigenvalue weighted by atomic mass is 10.2. The second-order valence-electron chi connectivity index (χ2n) is 5.37. The van der Waals surface area contributed by atoms with E-state index in [9.17, 15) is 4.79 Å². The lowest BCUT2D eigenvalue weighted by molar-refractivity contribution is -0.127. The normalized spacial score (nSPS) is 10.6. The molecule has 0 aliphatic rings. The molecule has 0 spiro atoms. The Morgan fingerprint density at radius 2 is 1.92 bits per heavy atom. The molecule has 2 aromatic heterocycles. The number of halogens is 1. The van der Waals surface area contributed by atoms with Crippen LogP contribution >= 0.6 is 23.4 Å². The van der Waals surface area contributed by atoms with Crippen LogP contribution in [0.2, 0.25) is 5.02 Å². The van der Waals surface area contributed by atoms with Gasteiger partial charge in [0.1, 0.15) is 0 Å². The molecule has 0 aliphatic carbocycles. The lowest BCUT2D eigenvalue weighted by Gasteiger charge is -2.16. The van der Waals surface area contributed by atoms with Gasteiger partial charge in [0.15, 0.2) is 5.82 Å². The van der Waals surface area contributed by atoms with Crippen LogP contribution in [0.4, 0.5) is 0 Å². The Labute approximate surface area is 154 Å². The highest BCUT2D eigenvalue weighted by atomic mass is 35.5. The van der Waals surface area contributed by atoms with Crippen molar-refractivity contribution in [3.8, 4) is 11.4 Å². The number of pyridine rings is 1. The smallest absolute Gasteiger partial charge is 0.233 e.